The van der Waals surface area contributed by atoms with E-state index in [0.29, 0.717) is 35.3 Å². The largest absolute Gasteiger partial charge is 0.489 e. The second-order valence-electron chi connectivity index (χ2n) is 6.20. The van der Waals surface area contributed by atoms with Crippen LogP contribution in [0.15, 0.2) is 53.9 Å². The van der Waals surface area contributed by atoms with Crippen molar-refractivity contribution in [3.63, 3.8) is 0 Å². The predicted molar refractivity (Wildman–Crippen MR) is 108 cm³/mol. The molecule has 1 heterocycles. The lowest BCUT2D eigenvalue weighted by Gasteiger charge is -2.12. The molecule has 3 rings (SSSR count). The van der Waals surface area contributed by atoms with Crippen molar-refractivity contribution in [1.82, 2.24) is 4.72 Å². The number of hydrogen-bond donors (Lipinski definition) is 1. The van der Waals surface area contributed by atoms with Gasteiger partial charge in [-0.25, -0.2) is 17.9 Å². The number of carbonyl (C=O) groups is 1. The van der Waals surface area contributed by atoms with Gasteiger partial charge in [-0.1, -0.05) is 17.7 Å². The Morgan fingerprint density at radius 1 is 1.21 bits per heavy atom. The van der Waals surface area contributed by atoms with Gasteiger partial charge in [0, 0.05) is 13.0 Å². The zero-order chi connectivity index (χ0) is 20.9. The van der Waals surface area contributed by atoms with Gasteiger partial charge in [0.15, 0.2) is 11.5 Å². The molecule has 2 aromatic rings. The van der Waals surface area contributed by atoms with E-state index in [1.807, 2.05) is 0 Å². The summed E-state index contributed by atoms with van der Waals surface area (Å²) in [7, 11) is -3.65. The summed E-state index contributed by atoms with van der Waals surface area (Å²) in [6, 6.07) is 8.85. The molecule has 0 amide bonds. The van der Waals surface area contributed by atoms with E-state index >= 15 is 0 Å². The van der Waals surface area contributed by atoms with Gasteiger partial charge >= 0.3 is 5.97 Å². The monoisotopic (exact) mass is 437 g/mol. The van der Waals surface area contributed by atoms with Crippen LogP contribution in [0.5, 0.6) is 11.5 Å². The molecule has 1 N–H and O–H groups in total. The zero-order valence-electron chi connectivity index (χ0n) is 15.5. The van der Waals surface area contributed by atoms with Crippen LogP contribution in [0.25, 0.3) is 0 Å². The predicted octanol–water partition coefficient (Wildman–Crippen LogP) is 3.32. The summed E-state index contributed by atoms with van der Waals surface area (Å²) in [4.78, 5) is 12.3. The maximum Gasteiger partial charge on any atom is 0.338 e. The van der Waals surface area contributed by atoms with Crippen molar-refractivity contribution in [2.75, 3.05) is 19.8 Å². The Morgan fingerprint density at radius 2 is 1.93 bits per heavy atom. The molecule has 1 aliphatic heterocycles. The molecule has 1 aliphatic rings. The number of halogens is 1. The van der Waals surface area contributed by atoms with E-state index in [1.54, 1.807) is 12.1 Å². The molecule has 0 radical (unpaired) electrons. The van der Waals surface area contributed by atoms with Crippen LogP contribution in [0, 0.1) is 0 Å². The minimum Gasteiger partial charge on any atom is -0.489 e. The Balaban J connectivity index is 1.66. The molecule has 2 aromatic carbocycles. The van der Waals surface area contributed by atoms with Crippen LogP contribution < -0.4 is 14.2 Å². The highest BCUT2D eigenvalue weighted by Crippen LogP contribution is 2.38. The highest BCUT2D eigenvalue weighted by atomic mass is 35.5. The molecule has 0 saturated carbocycles. The first-order chi connectivity index (χ1) is 13.9. The van der Waals surface area contributed by atoms with Crippen LogP contribution in [-0.4, -0.2) is 34.1 Å². The van der Waals surface area contributed by atoms with Gasteiger partial charge in [-0.2, -0.15) is 0 Å². The van der Waals surface area contributed by atoms with Crippen molar-refractivity contribution < 1.29 is 27.4 Å². The second-order valence-corrected chi connectivity index (χ2v) is 8.37. The first-order valence-corrected chi connectivity index (χ1v) is 10.7. The highest BCUT2D eigenvalue weighted by Gasteiger charge is 2.17. The van der Waals surface area contributed by atoms with E-state index in [-0.39, 0.29) is 23.6 Å². The Labute approximate surface area is 174 Å². The molecule has 154 valence electrons. The lowest BCUT2D eigenvalue weighted by molar-refractivity contribution is 0.0472. The van der Waals surface area contributed by atoms with Gasteiger partial charge in [-0.05, 0) is 42.0 Å². The number of ether oxygens (including phenoxy) is 3. The summed E-state index contributed by atoms with van der Waals surface area (Å²) < 4.78 is 42.9. The molecule has 0 unspecified atom stereocenters. The molecular formula is C20H20ClNO6S. The minimum atomic E-state index is -3.65. The number of carbonyl (C=O) groups excluding carboxylic acids is 1. The number of fused-ring (bicyclic) bond motifs is 1. The molecule has 0 fully saturated rings. The number of nitrogens with one attached hydrogen (secondary N) is 1. The van der Waals surface area contributed by atoms with Crippen molar-refractivity contribution in [3.8, 4) is 11.5 Å². The molecule has 0 saturated heterocycles. The number of benzene rings is 2. The first kappa shape index (κ1) is 21.2. The number of esters is 1. The fourth-order valence-electron chi connectivity index (χ4n) is 2.62. The van der Waals surface area contributed by atoms with Crippen molar-refractivity contribution in [1.29, 1.82) is 0 Å². The summed E-state index contributed by atoms with van der Waals surface area (Å²) in [6.45, 7) is 4.60. The summed E-state index contributed by atoms with van der Waals surface area (Å²) in [5.41, 5.74) is 0.883. The Kier molecular flexibility index (Phi) is 6.79. The molecule has 0 aliphatic carbocycles. The standard InChI is InChI=1S/C20H20ClNO6S/c1-2-8-22-29(24,25)16-6-4-15(5-7-16)20(23)28-13-14-11-17(21)19-18(12-14)26-9-3-10-27-19/h2,4-7,11-12,22H,1,3,8-10,13H2. The summed E-state index contributed by atoms with van der Waals surface area (Å²) in [5.74, 6) is 0.417. The number of sulfonamides is 1. The van der Waals surface area contributed by atoms with Gasteiger partial charge in [-0.15, -0.1) is 6.58 Å². The SMILES string of the molecule is C=CCNS(=O)(=O)c1ccc(C(=O)OCc2cc(Cl)c3c(c2)OCCCO3)cc1. The third-order valence-electron chi connectivity index (χ3n) is 4.05. The smallest absolute Gasteiger partial charge is 0.338 e. The van der Waals surface area contributed by atoms with Gasteiger partial charge in [0.2, 0.25) is 10.0 Å². The minimum absolute atomic E-state index is 0.0177. The summed E-state index contributed by atoms with van der Waals surface area (Å²) in [5, 5.41) is 0.386. The molecular weight excluding hydrogens is 418 g/mol. The lowest BCUT2D eigenvalue weighted by Crippen LogP contribution is -2.23. The fourth-order valence-corrected chi connectivity index (χ4v) is 3.91. The third-order valence-corrected chi connectivity index (χ3v) is 5.77. The molecule has 0 bridgehead atoms. The van der Waals surface area contributed by atoms with Crippen molar-refractivity contribution in [2.24, 2.45) is 0 Å². The van der Waals surface area contributed by atoms with Crippen molar-refractivity contribution >= 4 is 27.6 Å². The first-order valence-electron chi connectivity index (χ1n) is 8.86. The average Bonchev–Trinajstić information content (AvgIpc) is 2.96. The summed E-state index contributed by atoms with van der Waals surface area (Å²) in [6.07, 6.45) is 2.19. The molecule has 0 aromatic heterocycles. The molecule has 0 spiro atoms. The molecule has 0 atom stereocenters. The lowest BCUT2D eigenvalue weighted by atomic mass is 10.2. The maximum absolute atomic E-state index is 12.3. The van der Waals surface area contributed by atoms with Crippen molar-refractivity contribution in [2.45, 2.75) is 17.9 Å². The quantitative estimate of drug-likeness (QED) is 0.527. The van der Waals surface area contributed by atoms with E-state index in [2.05, 4.69) is 11.3 Å². The fraction of sp³-hybridized carbons (Fsp3) is 0.250. The van der Waals surface area contributed by atoms with E-state index in [9.17, 15) is 13.2 Å². The normalized spacial score (nSPS) is 13.4. The summed E-state index contributed by atoms with van der Waals surface area (Å²) >= 11 is 6.23. The van der Waals surface area contributed by atoms with Gasteiger partial charge in [0.05, 0.1) is 28.7 Å². The molecule has 29 heavy (non-hydrogen) atoms. The van der Waals surface area contributed by atoms with E-state index in [0.717, 1.165) is 6.42 Å². The highest BCUT2D eigenvalue weighted by molar-refractivity contribution is 7.89. The van der Waals surface area contributed by atoms with Crippen LogP contribution in [0.4, 0.5) is 0 Å². The van der Waals surface area contributed by atoms with Gasteiger partial charge < -0.3 is 14.2 Å². The maximum atomic E-state index is 12.3. The van der Waals surface area contributed by atoms with Crippen LogP contribution in [0.1, 0.15) is 22.3 Å². The van der Waals surface area contributed by atoms with E-state index in [1.165, 1.54) is 30.3 Å². The number of hydrogen-bond acceptors (Lipinski definition) is 6. The van der Waals surface area contributed by atoms with E-state index < -0.39 is 16.0 Å². The molecule has 7 nitrogen and oxygen atoms in total. The number of rotatable bonds is 7. The molecule has 9 heteroatoms. The second kappa shape index (κ2) is 9.30. The van der Waals surface area contributed by atoms with E-state index in [4.69, 9.17) is 25.8 Å². The zero-order valence-corrected chi connectivity index (χ0v) is 17.1. The Morgan fingerprint density at radius 3 is 2.66 bits per heavy atom. The third kappa shape index (κ3) is 5.29. The Bertz CT molecular complexity index is 1000. The van der Waals surface area contributed by atoms with Gasteiger partial charge in [0.1, 0.15) is 6.61 Å². The average molecular weight is 438 g/mol. The van der Waals surface area contributed by atoms with Crippen LogP contribution >= 0.6 is 11.6 Å². The van der Waals surface area contributed by atoms with Crippen LogP contribution in [-0.2, 0) is 21.4 Å². The Hall–Kier alpha value is -2.55. The van der Waals surface area contributed by atoms with Gasteiger partial charge in [0.25, 0.3) is 0 Å². The topological polar surface area (TPSA) is 90.9 Å². The van der Waals surface area contributed by atoms with Crippen LogP contribution in [0.3, 0.4) is 0 Å². The van der Waals surface area contributed by atoms with Crippen LogP contribution in [0.2, 0.25) is 5.02 Å². The van der Waals surface area contributed by atoms with Gasteiger partial charge in [-0.3, -0.25) is 0 Å². The van der Waals surface area contributed by atoms with Crippen molar-refractivity contribution in [3.05, 3.63) is 65.2 Å².